The molecule has 0 saturated carbocycles. The van der Waals surface area contributed by atoms with Crippen LogP contribution < -0.4 is 9.47 Å². The fraction of sp³-hybridized carbons (Fsp3) is 0.130. The first-order chi connectivity index (χ1) is 14.6. The lowest BCUT2D eigenvalue weighted by Crippen LogP contribution is -2.00. The second-order valence-corrected chi connectivity index (χ2v) is 7.08. The number of hydrogen-bond acceptors (Lipinski definition) is 5. The van der Waals surface area contributed by atoms with Gasteiger partial charge in [0.2, 0.25) is 0 Å². The Morgan fingerprint density at radius 3 is 2.60 bits per heavy atom. The van der Waals surface area contributed by atoms with E-state index in [1.807, 2.05) is 18.2 Å². The van der Waals surface area contributed by atoms with Gasteiger partial charge in [-0.05, 0) is 51.8 Å². The topological polar surface area (TPSA) is 63.8 Å². The van der Waals surface area contributed by atoms with E-state index in [2.05, 4.69) is 27.2 Å². The molecule has 7 heteroatoms. The molecule has 0 bridgehead atoms. The molecule has 0 unspecified atom stereocenters. The van der Waals surface area contributed by atoms with Crippen molar-refractivity contribution in [2.45, 2.75) is 13.2 Å². The third kappa shape index (κ3) is 5.58. The van der Waals surface area contributed by atoms with Crippen molar-refractivity contribution in [2.24, 2.45) is 5.16 Å². The predicted molar refractivity (Wildman–Crippen MR) is 115 cm³/mol. The van der Waals surface area contributed by atoms with Gasteiger partial charge in [0, 0.05) is 11.1 Å². The summed E-state index contributed by atoms with van der Waals surface area (Å²) in [6.07, 6.45) is 1.55. The third-order valence-electron chi connectivity index (χ3n) is 4.18. The van der Waals surface area contributed by atoms with Crippen LogP contribution in [0.5, 0.6) is 11.5 Å². The fourth-order valence-corrected chi connectivity index (χ4v) is 3.22. The Morgan fingerprint density at radius 2 is 1.87 bits per heavy atom. The number of benzene rings is 3. The summed E-state index contributed by atoms with van der Waals surface area (Å²) in [4.78, 5) is 5.33. The van der Waals surface area contributed by atoms with E-state index in [0.717, 1.165) is 16.7 Å². The van der Waals surface area contributed by atoms with Gasteiger partial charge in [-0.25, -0.2) is 4.39 Å². The van der Waals surface area contributed by atoms with Crippen LogP contribution in [0.1, 0.15) is 22.3 Å². The number of nitrogens with zero attached hydrogens (tertiary/aromatic N) is 2. The van der Waals surface area contributed by atoms with Gasteiger partial charge in [0.05, 0.1) is 29.4 Å². The number of hydrogen-bond donors (Lipinski definition) is 0. The molecule has 3 aromatic carbocycles. The number of halogens is 2. The minimum Gasteiger partial charge on any atom is -0.493 e. The van der Waals surface area contributed by atoms with Crippen molar-refractivity contribution in [2.75, 3.05) is 7.11 Å². The summed E-state index contributed by atoms with van der Waals surface area (Å²) in [5.74, 6) is 0.755. The SMILES string of the molecule is COc1cc(/C=N\OCc2ccccc2C#N)cc(Br)c1OCc1ccc(F)cc1. The Labute approximate surface area is 182 Å². The predicted octanol–water partition coefficient (Wildman–Crippen LogP) is 5.60. The summed E-state index contributed by atoms with van der Waals surface area (Å²) in [6.45, 7) is 0.460. The molecule has 0 radical (unpaired) electrons. The molecule has 0 fully saturated rings. The smallest absolute Gasteiger partial charge is 0.175 e. The van der Waals surface area contributed by atoms with E-state index in [1.54, 1.807) is 43.7 Å². The van der Waals surface area contributed by atoms with E-state index in [1.165, 1.54) is 12.1 Å². The first-order valence-electron chi connectivity index (χ1n) is 8.99. The molecule has 0 saturated heterocycles. The monoisotopic (exact) mass is 468 g/mol. The van der Waals surface area contributed by atoms with Crippen LogP contribution in [0.4, 0.5) is 4.39 Å². The highest BCUT2D eigenvalue weighted by molar-refractivity contribution is 9.10. The van der Waals surface area contributed by atoms with E-state index in [9.17, 15) is 4.39 Å². The molecule has 0 aromatic heterocycles. The standard InChI is InChI=1S/C23H18BrFN2O3/c1-28-22-11-17(13-27-30-15-19-5-3-2-4-18(19)12-26)10-21(24)23(22)29-14-16-6-8-20(25)9-7-16/h2-11,13H,14-15H2,1H3/b27-13-. The number of ether oxygens (including phenoxy) is 2. The summed E-state index contributed by atoms with van der Waals surface area (Å²) in [5, 5.41) is 13.1. The van der Waals surface area contributed by atoms with E-state index in [4.69, 9.17) is 19.6 Å². The largest absolute Gasteiger partial charge is 0.493 e. The van der Waals surface area contributed by atoms with Crippen molar-refractivity contribution in [3.8, 4) is 17.6 Å². The molecule has 152 valence electrons. The van der Waals surface area contributed by atoms with Crippen LogP contribution in [-0.4, -0.2) is 13.3 Å². The fourth-order valence-electron chi connectivity index (χ4n) is 2.65. The van der Waals surface area contributed by atoms with Gasteiger partial charge in [0.25, 0.3) is 0 Å². The lowest BCUT2D eigenvalue weighted by Gasteiger charge is -2.13. The van der Waals surface area contributed by atoms with E-state index in [-0.39, 0.29) is 19.0 Å². The normalized spacial score (nSPS) is 10.6. The molecule has 0 N–H and O–H groups in total. The molecule has 3 aromatic rings. The van der Waals surface area contributed by atoms with Gasteiger partial charge in [-0.15, -0.1) is 0 Å². The molecule has 0 spiro atoms. The number of nitriles is 1. The van der Waals surface area contributed by atoms with Crippen LogP contribution in [0.15, 0.2) is 70.3 Å². The maximum absolute atomic E-state index is 13.0. The molecule has 30 heavy (non-hydrogen) atoms. The highest BCUT2D eigenvalue weighted by Gasteiger charge is 2.12. The highest BCUT2D eigenvalue weighted by Crippen LogP contribution is 2.36. The Kier molecular flexibility index (Phi) is 7.41. The Balaban J connectivity index is 1.66. The van der Waals surface area contributed by atoms with Crippen molar-refractivity contribution in [3.63, 3.8) is 0 Å². The molecule has 0 heterocycles. The zero-order valence-corrected chi connectivity index (χ0v) is 17.7. The van der Waals surface area contributed by atoms with Gasteiger partial charge >= 0.3 is 0 Å². The molecule has 0 aliphatic rings. The Morgan fingerprint density at radius 1 is 1.10 bits per heavy atom. The van der Waals surface area contributed by atoms with Gasteiger partial charge in [-0.2, -0.15) is 5.26 Å². The molecular formula is C23H18BrFN2O3. The van der Waals surface area contributed by atoms with Crippen LogP contribution in [0.3, 0.4) is 0 Å². The average Bonchev–Trinajstić information content (AvgIpc) is 2.77. The summed E-state index contributed by atoms with van der Waals surface area (Å²) in [6, 6.07) is 19.0. The van der Waals surface area contributed by atoms with Gasteiger partial charge in [0.15, 0.2) is 11.5 Å². The lowest BCUT2D eigenvalue weighted by molar-refractivity contribution is 0.132. The summed E-state index contributed by atoms with van der Waals surface area (Å²) in [7, 11) is 1.54. The van der Waals surface area contributed by atoms with E-state index >= 15 is 0 Å². The molecule has 0 amide bonds. The zero-order valence-electron chi connectivity index (χ0n) is 16.1. The average molecular weight is 469 g/mol. The second-order valence-electron chi connectivity index (χ2n) is 6.23. The minimum absolute atomic E-state index is 0.192. The van der Waals surface area contributed by atoms with Crippen molar-refractivity contribution in [1.82, 2.24) is 0 Å². The minimum atomic E-state index is -0.292. The van der Waals surface area contributed by atoms with Crippen molar-refractivity contribution < 1.29 is 18.7 Å². The van der Waals surface area contributed by atoms with Crippen molar-refractivity contribution in [1.29, 1.82) is 5.26 Å². The third-order valence-corrected chi connectivity index (χ3v) is 4.77. The van der Waals surface area contributed by atoms with Crippen LogP contribution in [0.25, 0.3) is 0 Å². The van der Waals surface area contributed by atoms with Crippen LogP contribution >= 0.6 is 15.9 Å². The first kappa shape index (κ1) is 21.3. The van der Waals surface area contributed by atoms with Crippen LogP contribution in [-0.2, 0) is 18.1 Å². The van der Waals surface area contributed by atoms with Gasteiger partial charge in [0.1, 0.15) is 19.0 Å². The number of oxime groups is 1. The van der Waals surface area contributed by atoms with Gasteiger partial charge in [-0.3, -0.25) is 0 Å². The van der Waals surface area contributed by atoms with Gasteiger partial charge in [-0.1, -0.05) is 35.5 Å². The summed E-state index contributed by atoms with van der Waals surface area (Å²) >= 11 is 3.49. The zero-order chi connectivity index (χ0) is 21.3. The van der Waals surface area contributed by atoms with E-state index < -0.39 is 0 Å². The molecule has 0 atom stereocenters. The van der Waals surface area contributed by atoms with Crippen molar-refractivity contribution >= 4 is 22.1 Å². The Bertz CT molecular complexity index is 1080. The summed E-state index contributed by atoms with van der Waals surface area (Å²) in [5.41, 5.74) is 2.89. The van der Waals surface area contributed by atoms with Crippen molar-refractivity contribution in [3.05, 3.63) is 93.2 Å². The molecule has 3 rings (SSSR count). The van der Waals surface area contributed by atoms with Crippen LogP contribution in [0, 0.1) is 17.1 Å². The van der Waals surface area contributed by atoms with Gasteiger partial charge < -0.3 is 14.3 Å². The second kappa shape index (κ2) is 10.4. The maximum Gasteiger partial charge on any atom is 0.175 e. The first-order valence-corrected chi connectivity index (χ1v) is 9.78. The maximum atomic E-state index is 13.0. The molecular weight excluding hydrogens is 451 g/mol. The molecule has 0 aliphatic heterocycles. The Hall–Kier alpha value is -3.37. The van der Waals surface area contributed by atoms with Crippen LogP contribution in [0.2, 0.25) is 0 Å². The number of rotatable bonds is 8. The lowest BCUT2D eigenvalue weighted by atomic mass is 10.1. The quantitative estimate of drug-likeness (QED) is 0.318. The molecule has 5 nitrogen and oxygen atoms in total. The molecule has 0 aliphatic carbocycles. The number of methoxy groups -OCH3 is 1. The highest BCUT2D eigenvalue weighted by atomic mass is 79.9. The van der Waals surface area contributed by atoms with E-state index in [0.29, 0.717) is 21.5 Å². The summed E-state index contributed by atoms with van der Waals surface area (Å²) < 4.78 is 25.0.